The van der Waals surface area contributed by atoms with E-state index in [1.807, 2.05) is 6.92 Å². The molecule has 15 heavy (non-hydrogen) atoms. The van der Waals surface area contributed by atoms with Crippen molar-refractivity contribution < 1.29 is 0 Å². The summed E-state index contributed by atoms with van der Waals surface area (Å²) in [7, 11) is 0. The second-order valence-electron chi connectivity index (χ2n) is 3.10. The van der Waals surface area contributed by atoms with Gasteiger partial charge >= 0.3 is 0 Å². The van der Waals surface area contributed by atoms with Gasteiger partial charge in [-0.2, -0.15) is 0 Å². The fraction of sp³-hybridized carbons (Fsp3) is 0.333. The fourth-order valence-corrected chi connectivity index (χ4v) is 1.60. The Bertz CT molecular complexity index is 425. The number of rotatable bonds is 3. The van der Waals surface area contributed by atoms with Gasteiger partial charge in [0, 0.05) is 12.4 Å². The molecule has 1 atom stereocenters. The largest absolute Gasteiger partial charge is 0.241 e. The fourth-order valence-electron chi connectivity index (χ4n) is 1.24. The Morgan fingerprint density at radius 1 is 1.40 bits per heavy atom. The maximum Gasteiger partial charge on any atom is 0.149 e. The lowest BCUT2D eigenvalue weighted by Gasteiger charge is -2.05. The maximum absolute atomic E-state index is 4.14. The van der Waals surface area contributed by atoms with Crippen molar-refractivity contribution in [3.05, 3.63) is 36.2 Å². The minimum atomic E-state index is 0.219. The summed E-state index contributed by atoms with van der Waals surface area (Å²) < 4.78 is 1.79. The molecule has 0 aromatic carbocycles. The number of alkyl halides is 1. The van der Waals surface area contributed by atoms with Gasteiger partial charge in [-0.15, -0.1) is 5.10 Å². The third-order valence-corrected chi connectivity index (χ3v) is 2.43. The van der Waals surface area contributed by atoms with Crippen LogP contribution in [-0.2, 0) is 6.54 Å². The summed E-state index contributed by atoms with van der Waals surface area (Å²) >= 11 is 3.48. The molecule has 2 heterocycles. The van der Waals surface area contributed by atoms with E-state index in [1.165, 1.54) is 0 Å². The zero-order valence-electron chi connectivity index (χ0n) is 8.21. The molecule has 1 unspecified atom stereocenters. The molecule has 2 rings (SSSR count). The highest BCUT2D eigenvalue weighted by atomic mass is 79.9. The van der Waals surface area contributed by atoms with E-state index in [0.29, 0.717) is 6.54 Å². The van der Waals surface area contributed by atoms with Gasteiger partial charge < -0.3 is 0 Å². The third-order valence-electron chi connectivity index (χ3n) is 1.97. The zero-order valence-corrected chi connectivity index (χ0v) is 9.79. The lowest BCUT2D eigenvalue weighted by atomic mass is 10.3. The monoisotopic (exact) mass is 267 g/mol. The van der Waals surface area contributed by atoms with Gasteiger partial charge in [0.15, 0.2) is 0 Å². The van der Waals surface area contributed by atoms with E-state index in [-0.39, 0.29) is 4.83 Å². The molecule has 0 radical (unpaired) electrons. The van der Waals surface area contributed by atoms with Crippen LogP contribution in [0.4, 0.5) is 0 Å². The highest BCUT2D eigenvalue weighted by Crippen LogP contribution is 2.20. The molecular weight excluding hydrogens is 258 g/mol. The highest BCUT2D eigenvalue weighted by molar-refractivity contribution is 9.09. The second kappa shape index (κ2) is 4.48. The third kappa shape index (κ3) is 2.38. The first-order valence-corrected chi connectivity index (χ1v) is 5.47. The summed E-state index contributed by atoms with van der Waals surface area (Å²) in [6.45, 7) is 2.58. The van der Waals surface area contributed by atoms with E-state index in [4.69, 9.17) is 0 Å². The number of halogens is 1. The number of hydrogen-bond donors (Lipinski definition) is 0. The lowest BCUT2D eigenvalue weighted by molar-refractivity contribution is 0.599. The Hall–Kier alpha value is -1.30. The summed E-state index contributed by atoms with van der Waals surface area (Å²) in [6, 6.07) is 1.79. The molecule has 0 bridgehead atoms. The molecule has 0 N–H and O–H groups in total. The van der Waals surface area contributed by atoms with E-state index in [2.05, 4.69) is 36.2 Å². The molecule has 0 fully saturated rings. The van der Waals surface area contributed by atoms with Crippen molar-refractivity contribution in [2.45, 2.75) is 18.3 Å². The molecule has 0 spiro atoms. The molecule has 0 aliphatic heterocycles. The van der Waals surface area contributed by atoms with Crippen molar-refractivity contribution in [1.82, 2.24) is 25.0 Å². The van der Waals surface area contributed by atoms with Crippen LogP contribution >= 0.6 is 15.9 Å². The summed E-state index contributed by atoms with van der Waals surface area (Å²) in [6.07, 6.45) is 5.18. The number of hydrogen-bond acceptors (Lipinski definition) is 4. The highest BCUT2D eigenvalue weighted by Gasteiger charge is 2.09. The first-order chi connectivity index (χ1) is 7.27. The normalized spacial score (nSPS) is 12.7. The summed E-state index contributed by atoms with van der Waals surface area (Å²) in [5.41, 5.74) is 1.02. The molecule has 2 aromatic heterocycles. The molecule has 0 saturated carbocycles. The van der Waals surface area contributed by atoms with Crippen LogP contribution in [0.1, 0.15) is 23.3 Å². The van der Waals surface area contributed by atoms with Gasteiger partial charge in [-0.25, -0.2) is 14.6 Å². The van der Waals surface area contributed by atoms with Crippen molar-refractivity contribution in [2.75, 3.05) is 0 Å². The Balaban J connectivity index is 2.21. The van der Waals surface area contributed by atoms with Crippen molar-refractivity contribution in [3.8, 4) is 0 Å². The van der Waals surface area contributed by atoms with Gasteiger partial charge in [0.05, 0.1) is 16.7 Å². The Labute approximate surface area is 95.7 Å². The van der Waals surface area contributed by atoms with Crippen LogP contribution in [0.15, 0.2) is 24.7 Å². The lowest BCUT2D eigenvalue weighted by Crippen LogP contribution is -2.09. The average molecular weight is 268 g/mol. The quantitative estimate of drug-likeness (QED) is 0.793. The summed E-state index contributed by atoms with van der Waals surface area (Å²) in [5.74, 6) is 0.734. The zero-order chi connectivity index (χ0) is 10.7. The van der Waals surface area contributed by atoms with Crippen LogP contribution in [0.3, 0.4) is 0 Å². The van der Waals surface area contributed by atoms with Gasteiger partial charge in [0.25, 0.3) is 0 Å². The van der Waals surface area contributed by atoms with Crippen molar-refractivity contribution in [1.29, 1.82) is 0 Å². The van der Waals surface area contributed by atoms with E-state index in [0.717, 1.165) is 11.5 Å². The van der Waals surface area contributed by atoms with Crippen LogP contribution in [-0.4, -0.2) is 25.0 Å². The average Bonchev–Trinajstić information content (AvgIpc) is 2.67. The molecule has 0 amide bonds. The topological polar surface area (TPSA) is 56.5 Å². The van der Waals surface area contributed by atoms with Crippen molar-refractivity contribution in [3.63, 3.8) is 0 Å². The summed E-state index contributed by atoms with van der Waals surface area (Å²) in [5, 5.41) is 7.86. The van der Waals surface area contributed by atoms with Crippen LogP contribution in [0.5, 0.6) is 0 Å². The first kappa shape index (κ1) is 10.2. The van der Waals surface area contributed by atoms with Gasteiger partial charge in [-0.05, 0) is 13.0 Å². The van der Waals surface area contributed by atoms with Crippen LogP contribution in [0.25, 0.3) is 0 Å². The molecule has 0 aliphatic rings. The standard InChI is InChI=1S/C9H10BrN5/c1-7(10)8-5-13-14-15(8)6-9-11-3-2-4-12-9/h2-5,7H,6H2,1H3. The van der Waals surface area contributed by atoms with Gasteiger partial charge in [-0.1, -0.05) is 21.1 Å². The van der Waals surface area contributed by atoms with Gasteiger partial charge in [0.1, 0.15) is 12.4 Å². The molecule has 6 heteroatoms. The van der Waals surface area contributed by atoms with Crippen LogP contribution < -0.4 is 0 Å². The maximum atomic E-state index is 4.14. The van der Waals surface area contributed by atoms with Crippen LogP contribution in [0, 0.1) is 0 Å². The first-order valence-electron chi connectivity index (χ1n) is 4.55. The SMILES string of the molecule is CC(Br)c1cnnn1Cc1ncccn1. The minimum Gasteiger partial charge on any atom is -0.241 e. The minimum absolute atomic E-state index is 0.219. The Morgan fingerprint density at radius 2 is 2.13 bits per heavy atom. The molecular formula is C9H10BrN5. The van der Waals surface area contributed by atoms with Gasteiger partial charge in [-0.3, -0.25) is 0 Å². The molecule has 0 aliphatic carbocycles. The Kier molecular flexibility index (Phi) is 3.05. The predicted molar refractivity (Wildman–Crippen MR) is 58.5 cm³/mol. The molecule has 0 saturated heterocycles. The van der Waals surface area contributed by atoms with E-state index in [1.54, 1.807) is 29.3 Å². The van der Waals surface area contributed by atoms with E-state index in [9.17, 15) is 0 Å². The van der Waals surface area contributed by atoms with Crippen molar-refractivity contribution >= 4 is 15.9 Å². The Morgan fingerprint density at radius 3 is 2.80 bits per heavy atom. The van der Waals surface area contributed by atoms with Gasteiger partial charge in [0.2, 0.25) is 0 Å². The second-order valence-corrected chi connectivity index (χ2v) is 4.47. The smallest absolute Gasteiger partial charge is 0.149 e. The molecule has 2 aromatic rings. The predicted octanol–water partition coefficient (Wildman–Crippen LogP) is 1.57. The summed E-state index contributed by atoms with van der Waals surface area (Å²) in [4.78, 5) is 8.50. The number of aromatic nitrogens is 5. The molecule has 5 nitrogen and oxygen atoms in total. The van der Waals surface area contributed by atoms with Crippen LogP contribution in [0.2, 0.25) is 0 Å². The number of nitrogens with zero attached hydrogens (tertiary/aromatic N) is 5. The van der Waals surface area contributed by atoms with E-state index < -0.39 is 0 Å². The van der Waals surface area contributed by atoms with Crippen molar-refractivity contribution in [2.24, 2.45) is 0 Å². The molecule has 78 valence electrons. The van der Waals surface area contributed by atoms with E-state index >= 15 is 0 Å².